The van der Waals surface area contributed by atoms with Gasteiger partial charge in [-0.3, -0.25) is 0 Å². The maximum absolute atomic E-state index is 6.28. The standard InChI is InChI=1S/C66H43N3O/c1-3-13-50(14-4-1)68-62-21-11-8-18-56(62)59-41-48(32-39-63(59)68)46-25-23-44(24-26-46)45-27-33-52(34-28-45)67(54-37-40-66-60(43-54)58-19-9-12-22-65(58)70-66)53-35-29-47(30-36-53)49-31-38-57-55-17-7-10-20-61(55)69(64(57)42-49)51-15-5-2-6-16-51/h1-43H. The third-order valence-corrected chi connectivity index (χ3v) is 14.1. The maximum Gasteiger partial charge on any atom is 0.135 e. The molecule has 0 aliphatic heterocycles. The van der Waals surface area contributed by atoms with Crippen LogP contribution in [-0.4, -0.2) is 9.13 Å². The molecule has 0 radical (unpaired) electrons. The Hall–Kier alpha value is -9.38. The lowest BCUT2D eigenvalue weighted by molar-refractivity contribution is 0.669. The fourth-order valence-corrected chi connectivity index (χ4v) is 10.8. The third kappa shape index (κ3) is 6.53. The van der Waals surface area contributed by atoms with E-state index in [2.05, 4.69) is 263 Å². The second-order valence-electron chi connectivity index (χ2n) is 18.1. The molecule has 4 heteroatoms. The van der Waals surface area contributed by atoms with Gasteiger partial charge < -0.3 is 18.5 Å². The lowest BCUT2D eigenvalue weighted by atomic mass is 9.98. The summed E-state index contributed by atoms with van der Waals surface area (Å²) in [5, 5.41) is 7.20. The third-order valence-electron chi connectivity index (χ3n) is 14.1. The van der Waals surface area contributed by atoms with E-state index in [4.69, 9.17) is 4.42 Å². The summed E-state index contributed by atoms with van der Waals surface area (Å²) in [6.07, 6.45) is 0. The van der Waals surface area contributed by atoms with Crippen LogP contribution >= 0.6 is 0 Å². The number of anilines is 3. The number of rotatable bonds is 8. The average Bonchev–Trinajstić information content (AvgIpc) is 4.09. The first-order chi connectivity index (χ1) is 34.7. The maximum atomic E-state index is 6.28. The minimum absolute atomic E-state index is 0.876. The van der Waals surface area contributed by atoms with Crippen molar-refractivity contribution in [2.75, 3.05) is 4.90 Å². The number of para-hydroxylation sites is 5. The zero-order chi connectivity index (χ0) is 46.1. The lowest BCUT2D eigenvalue weighted by Crippen LogP contribution is -2.09. The zero-order valence-electron chi connectivity index (χ0n) is 38.1. The van der Waals surface area contributed by atoms with Gasteiger partial charge in [-0.05, 0) is 137 Å². The van der Waals surface area contributed by atoms with Crippen LogP contribution in [0.25, 0.3) is 110 Å². The molecule has 0 bridgehead atoms. The lowest BCUT2D eigenvalue weighted by Gasteiger charge is -2.26. The molecule has 0 spiro atoms. The van der Waals surface area contributed by atoms with Crippen molar-refractivity contribution in [1.29, 1.82) is 0 Å². The van der Waals surface area contributed by atoms with Gasteiger partial charge in [0.15, 0.2) is 0 Å². The molecule has 328 valence electrons. The summed E-state index contributed by atoms with van der Waals surface area (Å²) in [7, 11) is 0. The highest BCUT2D eigenvalue weighted by molar-refractivity contribution is 6.12. The zero-order valence-corrected chi connectivity index (χ0v) is 38.1. The van der Waals surface area contributed by atoms with Crippen LogP contribution in [0, 0.1) is 0 Å². The molecule has 0 amide bonds. The van der Waals surface area contributed by atoms with E-state index < -0.39 is 0 Å². The van der Waals surface area contributed by atoms with Gasteiger partial charge in [0, 0.05) is 60.8 Å². The summed E-state index contributed by atoms with van der Waals surface area (Å²) in [5.74, 6) is 0. The fraction of sp³-hybridized carbons (Fsp3) is 0. The van der Waals surface area contributed by atoms with Crippen molar-refractivity contribution in [2.24, 2.45) is 0 Å². The van der Waals surface area contributed by atoms with Gasteiger partial charge in [0.25, 0.3) is 0 Å². The second-order valence-corrected chi connectivity index (χ2v) is 18.1. The number of aromatic nitrogens is 2. The van der Waals surface area contributed by atoms with Crippen LogP contribution < -0.4 is 4.90 Å². The van der Waals surface area contributed by atoms with E-state index in [-0.39, 0.29) is 0 Å². The summed E-state index contributed by atoms with van der Waals surface area (Å²) in [4.78, 5) is 2.35. The van der Waals surface area contributed by atoms with E-state index >= 15 is 0 Å². The van der Waals surface area contributed by atoms with Gasteiger partial charge in [-0.2, -0.15) is 0 Å². The van der Waals surface area contributed by atoms with Crippen molar-refractivity contribution in [3.05, 3.63) is 261 Å². The van der Waals surface area contributed by atoms with Gasteiger partial charge in [0.05, 0.1) is 22.1 Å². The molecular formula is C66H43N3O. The summed E-state index contributed by atoms with van der Waals surface area (Å²) < 4.78 is 11.0. The topological polar surface area (TPSA) is 26.2 Å². The SMILES string of the molecule is c1ccc(-n2c3ccccc3c3cc(-c4ccc(-c5ccc(N(c6ccc(-c7ccc8c9ccccc9n(-c9ccccc9)c8c7)cc6)c6ccc7oc8ccccc8c7c6)cc5)cc4)ccc32)cc1. The summed E-state index contributed by atoms with van der Waals surface area (Å²) in [6.45, 7) is 0. The Morgan fingerprint density at radius 1 is 0.243 bits per heavy atom. The van der Waals surface area contributed by atoms with Crippen LogP contribution in [0.4, 0.5) is 17.1 Å². The first-order valence-electron chi connectivity index (χ1n) is 23.9. The molecule has 0 unspecified atom stereocenters. The van der Waals surface area contributed by atoms with Crippen LogP contribution in [0.1, 0.15) is 0 Å². The monoisotopic (exact) mass is 893 g/mol. The fourth-order valence-electron chi connectivity index (χ4n) is 10.8. The molecule has 70 heavy (non-hydrogen) atoms. The van der Waals surface area contributed by atoms with E-state index in [1.807, 2.05) is 12.1 Å². The molecule has 14 aromatic rings. The van der Waals surface area contributed by atoms with Crippen molar-refractivity contribution in [3.63, 3.8) is 0 Å². The second kappa shape index (κ2) is 16.2. The van der Waals surface area contributed by atoms with Crippen molar-refractivity contribution < 1.29 is 4.42 Å². The molecule has 0 aliphatic rings. The Bertz CT molecular complexity index is 4260. The van der Waals surface area contributed by atoms with Crippen molar-refractivity contribution in [1.82, 2.24) is 9.13 Å². The quantitative estimate of drug-likeness (QED) is 0.152. The average molecular weight is 894 g/mol. The molecular weight excluding hydrogens is 851 g/mol. The van der Waals surface area contributed by atoms with E-state index in [9.17, 15) is 0 Å². The first-order valence-corrected chi connectivity index (χ1v) is 23.9. The number of fused-ring (bicyclic) bond motifs is 9. The Labute approximate surface area is 404 Å². The minimum Gasteiger partial charge on any atom is -0.456 e. The van der Waals surface area contributed by atoms with E-state index in [1.54, 1.807) is 0 Å². The number of furan rings is 1. The summed E-state index contributed by atoms with van der Waals surface area (Å²) in [5.41, 5.74) is 19.1. The van der Waals surface area contributed by atoms with Crippen LogP contribution in [0.5, 0.6) is 0 Å². The summed E-state index contributed by atoms with van der Waals surface area (Å²) >= 11 is 0. The molecule has 3 aromatic heterocycles. The highest BCUT2D eigenvalue weighted by atomic mass is 16.3. The van der Waals surface area contributed by atoms with E-state index in [1.165, 1.54) is 71.6 Å². The highest BCUT2D eigenvalue weighted by Gasteiger charge is 2.18. The Morgan fingerprint density at radius 3 is 1.29 bits per heavy atom. The molecule has 3 heterocycles. The molecule has 14 rings (SSSR count). The van der Waals surface area contributed by atoms with Crippen LogP contribution in [-0.2, 0) is 0 Å². The molecule has 0 saturated carbocycles. The van der Waals surface area contributed by atoms with Crippen molar-refractivity contribution in [3.8, 4) is 44.8 Å². The van der Waals surface area contributed by atoms with Crippen LogP contribution in [0.2, 0.25) is 0 Å². The van der Waals surface area contributed by atoms with Gasteiger partial charge in [-0.1, -0.05) is 158 Å². The molecule has 0 fully saturated rings. The number of hydrogen-bond donors (Lipinski definition) is 0. The summed E-state index contributed by atoms with van der Waals surface area (Å²) in [6, 6.07) is 94.1. The number of benzene rings is 11. The predicted molar refractivity (Wildman–Crippen MR) is 293 cm³/mol. The van der Waals surface area contributed by atoms with E-state index in [0.29, 0.717) is 0 Å². The van der Waals surface area contributed by atoms with Gasteiger partial charge >= 0.3 is 0 Å². The molecule has 4 nitrogen and oxygen atoms in total. The van der Waals surface area contributed by atoms with Gasteiger partial charge in [0.2, 0.25) is 0 Å². The Kier molecular flexibility index (Phi) is 9.17. The number of nitrogens with zero attached hydrogens (tertiary/aromatic N) is 3. The number of hydrogen-bond acceptors (Lipinski definition) is 2. The Morgan fingerprint density at radius 2 is 0.657 bits per heavy atom. The van der Waals surface area contributed by atoms with Crippen LogP contribution in [0.3, 0.4) is 0 Å². The van der Waals surface area contributed by atoms with Crippen LogP contribution in [0.15, 0.2) is 265 Å². The van der Waals surface area contributed by atoms with Gasteiger partial charge in [-0.15, -0.1) is 0 Å². The largest absolute Gasteiger partial charge is 0.456 e. The van der Waals surface area contributed by atoms with E-state index in [0.717, 1.165) is 55.8 Å². The van der Waals surface area contributed by atoms with Crippen molar-refractivity contribution in [2.45, 2.75) is 0 Å². The molecule has 0 saturated heterocycles. The Balaban J connectivity index is 0.812. The molecule has 0 aliphatic carbocycles. The first kappa shape index (κ1) is 39.8. The molecule has 0 atom stereocenters. The predicted octanol–water partition coefficient (Wildman–Crippen LogP) is 18.3. The van der Waals surface area contributed by atoms with Gasteiger partial charge in [-0.25, -0.2) is 0 Å². The van der Waals surface area contributed by atoms with Crippen molar-refractivity contribution >= 4 is 82.6 Å². The van der Waals surface area contributed by atoms with Gasteiger partial charge in [0.1, 0.15) is 11.2 Å². The normalized spacial score (nSPS) is 11.7. The minimum atomic E-state index is 0.876. The molecule has 11 aromatic carbocycles. The highest BCUT2D eigenvalue weighted by Crippen LogP contribution is 2.42. The molecule has 0 N–H and O–H groups in total. The smallest absolute Gasteiger partial charge is 0.135 e.